The minimum Gasteiger partial charge on any atom is -0.481 e. The van der Waals surface area contributed by atoms with E-state index in [0.29, 0.717) is 24.4 Å². The number of thiophene rings is 1. The number of carbonyl (C=O) groups is 2. The first kappa shape index (κ1) is 12.2. The fraction of sp³-hybridized carbons (Fsp3) is 0.286. The van der Waals surface area contributed by atoms with Crippen molar-refractivity contribution in [1.29, 1.82) is 0 Å². The molecule has 1 atom stereocenters. The van der Waals surface area contributed by atoms with E-state index in [-0.39, 0.29) is 5.91 Å². The summed E-state index contributed by atoms with van der Waals surface area (Å²) < 4.78 is 1.08. The lowest BCUT2D eigenvalue weighted by atomic mass is 10.1. The Morgan fingerprint density at radius 2 is 2.11 bits per heavy atom. The fourth-order valence-corrected chi connectivity index (χ4v) is 3.42. The van der Waals surface area contributed by atoms with Gasteiger partial charge in [0.25, 0.3) is 5.91 Å². The Labute approximate surface area is 114 Å². The van der Waals surface area contributed by atoms with Crippen LogP contribution in [0.5, 0.6) is 0 Å². The maximum absolute atomic E-state index is 12.3. The van der Waals surface area contributed by atoms with Gasteiger partial charge in [-0.1, -0.05) is 18.2 Å². The van der Waals surface area contributed by atoms with Crippen LogP contribution in [-0.4, -0.2) is 35.0 Å². The van der Waals surface area contributed by atoms with Crippen molar-refractivity contribution in [3.8, 4) is 0 Å². The third-order valence-electron chi connectivity index (χ3n) is 3.46. The monoisotopic (exact) mass is 275 g/mol. The highest BCUT2D eigenvalue weighted by atomic mass is 32.1. The standard InChI is InChI=1S/C14H13NO3S/c16-13(15-6-5-10(8-15)14(17)18)12-7-9-3-1-2-4-11(9)19-12/h1-4,7,10H,5-6,8H2,(H,17,18)/t10-/m0/s1. The van der Waals surface area contributed by atoms with Crippen LogP contribution in [0.4, 0.5) is 0 Å². The van der Waals surface area contributed by atoms with Crippen LogP contribution in [-0.2, 0) is 4.79 Å². The van der Waals surface area contributed by atoms with Gasteiger partial charge in [-0.15, -0.1) is 11.3 Å². The number of rotatable bonds is 2. The zero-order valence-corrected chi connectivity index (χ0v) is 11.0. The van der Waals surface area contributed by atoms with Crippen molar-refractivity contribution < 1.29 is 14.7 Å². The summed E-state index contributed by atoms with van der Waals surface area (Å²) in [4.78, 5) is 25.6. The van der Waals surface area contributed by atoms with E-state index in [0.717, 1.165) is 10.1 Å². The van der Waals surface area contributed by atoms with Crippen LogP contribution in [0.2, 0.25) is 0 Å². The largest absolute Gasteiger partial charge is 0.481 e. The SMILES string of the molecule is O=C(O)[C@H]1CCN(C(=O)c2cc3ccccc3s2)C1. The molecule has 0 unspecified atom stereocenters. The average Bonchev–Trinajstić information content (AvgIpc) is 3.04. The Hall–Kier alpha value is -1.88. The molecule has 0 bridgehead atoms. The Bertz CT molecular complexity index is 616. The third kappa shape index (κ3) is 2.21. The number of carboxylic acid groups (broad SMARTS) is 1. The lowest BCUT2D eigenvalue weighted by Gasteiger charge is -2.14. The quantitative estimate of drug-likeness (QED) is 0.916. The minimum absolute atomic E-state index is 0.0510. The van der Waals surface area contributed by atoms with Gasteiger partial charge in [-0.05, 0) is 23.9 Å². The predicted molar refractivity (Wildman–Crippen MR) is 73.5 cm³/mol. The smallest absolute Gasteiger partial charge is 0.308 e. The maximum atomic E-state index is 12.3. The molecular formula is C14H13NO3S. The number of benzene rings is 1. The molecule has 1 aromatic carbocycles. The van der Waals surface area contributed by atoms with Gasteiger partial charge in [-0.2, -0.15) is 0 Å². The number of fused-ring (bicyclic) bond motifs is 1. The Kier molecular flexibility index (Phi) is 2.98. The van der Waals surface area contributed by atoms with Crippen LogP contribution in [0.15, 0.2) is 30.3 Å². The second-order valence-electron chi connectivity index (χ2n) is 4.72. The van der Waals surface area contributed by atoms with Gasteiger partial charge in [0.1, 0.15) is 0 Å². The molecule has 2 aromatic rings. The second kappa shape index (κ2) is 4.66. The molecule has 19 heavy (non-hydrogen) atoms. The second-order valence-corrected chi connectivity index (χ2v) is 5.81. The van der Waals surface area contributed by atoms with Crippen LogP contribution in [0, 0.1) is 5.92 Å². The summed E-state index contributed by atoms with van der Waals surface area (Å²) in [6, 6.07) is 9.74. The molecular weight excluding hydrogens is 262 g/mol. The number of likely N-dealkylation sites (tertiary alicyclic amines) is 1. The molecule has 0 saturated carbocycles. The van der Waals surface area contributed by atoms with Crippen molar-refractivity contribution in [2.24, 2.45) is 5.92 Å². The lowest BCUT2D eigenvalue weighted by molar-refractivity contribution is -0.141. The minimum atomic E-state index is -0.813. The van der Waals surface area contributed by atoms with Gasteiger partial charge in [-0.3, -0.25) is 9.59 Å². The molecule has 4 nitrogen and oxygen atoms in total. The van der Waals surface area contributed by atoms with Gasteiger partial charge < -0.3 is 10.0 Å². The maximum Gasteiger partial charge on any atom is 0.308 e. The highest BCUT2D eigenvalue weighted by molar-refractivity contribution is 7.20. The number of amides is 1. The molecule has 0 spiro atoms. The summed E-state index contributed by atoms with van der Waals surface area (Å²) in [5.74, 6) is -1.28. The van der Waals surface area contributed by atoms with E-state index in [1.807, 2.05) is 30.3 Å². The Morgan fingerprint density at radius 1 is 1.32 bits per heavy atom. The third-order valence-corrected chi connectivity index (χ3v) is 4.57. The fourth-order valence-electron chi connectivity index (χ4n) is 2.39. The molecule has 2 heterocycles. The van der Waals surface area contributed by atoms with Gasteiger partial charge in [0, 0.05) is 17.8 Å². The van der Waals surface area contributed by atoms with Crippen molar-refractivity contribution >= 4 is 33.3 Å². The zero-order valence-electron chi connectivity index (χ0n) is 10.2. The van der Waals surface area contributed by atoms with E-state index in [2.05, 4.69) is 0 Å². The number of nitrogens with zero attached hydrogens (tertiary/aromatic N) is 1. The first-order valence-electron chi connectivity index (χ1n) is 6.16. The summed E-state index contributed by atoms with van der Waals surface area (Å²) in [5.41, 5.74) is 0. The normalized spacial score (nSPS) is 18.9. The molecule has 3 rings (SSSR count). The number of carbonyl (C=O) groups excluding carboxylic acids is 1. The van der Waals surface area contributed by atoms with E-state index < -0.39 is 11.9 Å². The number of hydrogen-bond acceptors (Lipinski definition) is 3. The Balaban J connectivity index is 1.82. The van der Waals surface area contributed by atoms with Crippen molar-refractivity contribution in [3.05, 3.63) is 35.2 Å². The van der Waals surface area contributed by atoms with Gasteiger partial charge in [0.05, 0.1) is 10.8 Å². The lowest BCUT2D eigenvalue weighted by Crippen LogP contribution is -2.29. The van der Waals surface area contributed by atoms with Crippen LogP contribution < -0.4 is 0 Å². The number of aliphatic carboxylic acids is 1. The van der Waals surface area contributed by atoms with E-state index in [1.165, 1.54) is 11.3 Å². The molecule has 1 amide bonds. The molecule has 1 saturated heterocycles. The van der Waals surface area contributed by atoms with Crippen LogP contribution >= 0.6 is 11.3 Å². The number of carboxylic acids is 1. The van der Waals surface area contributed by atoms with Crippen molar-refractivity contribution in [3.63, 3.8) is 0 Å². The summed E-state index contributed by atoms with van der Waals surface area (Å²) in [7, 11) is 0. The summed E-state index contributed by atoms with van der Waals surface area (Å²) in [5, 5.41) is 10.0. The van der Waals surface area contributed by atoms with Gasteiger partial charge >= 0.3 is 5.97 Å². The highest BCUT2D eigenvalue weighted by Gasteiger charge is 2.31. The molecule has 1 aliphatic heterocycles. The van der Waals surface area contributed by atoms with E-state index in [1.54, 1.807) is 4.90 Å². The van der Waals surface area contributed by atoms with Gasteiger partial charge in [0.2, 0.25) is 0 Å². The molecule has 98 valence electrons. The van der Waals surface area contributed by atoms with E-state index in [4.69, 9.17) is 5.11 Å². The molecule has 1 N–H and O–H groups in total. The van der Waals surface area contributed by atoms with Crippen LogP contribution in [0.3, 0.4) is 0 Å². The average molecular weight is 275 g/mol. The van der Waals surface area contributed by atoms with Crippen LogP contribution in [0.1, 0.15) is 16.1 Å². The van der Waals surface area contributed by atoms with Crippen molar-refractivity contribution in [2.45, 2.75) is 6.42 Å². The predicted octanol–water partition coefficient (Wildman–Crippen LogP) is 2.45. The summed E-state index contributed by atoms with van der Waals surface area (Å²) in [6.07, 6.45) is 0.548. The molecule has 1 aromatic heterocycles. The summed E-state index contributed by atoms with van der Waals surface area (Å²) >= 11 is 1.46. The molecule has 5 heteroatoms. The van der Waals surface area contributed by atoms with Crippen molar-refractivity contribution in [1.82, 2.24) is 4.90 Å². The number of hydrogen-bond donors (Lipinski definition) is 1. The Morgan fingerprint density at radius 3 is 2.79 bits per heavy atom. The topological polar surface area (TPSA) is 57.6 Å². The van der Waals surface area contributed by atoms with Crippen LogP contribution in [0.25, 0.3) is 10.1 Å². The van der Waals surface area contributed by atoms with Gasteiger partial charge in [-0.25, -0.2) is 0 Å². The first-order chi connectivity index (χ1) is 9.15. The molecule has 1 fully saturated rings. The van der Waals surface area contributed by atoms with Gasteiger partial charge in [0.15, 0.2) is 0 Å². The first-order valence-corrected chi connectivity index (χ1v) is 6.97. The van der Waals surface area contributed by atoms with E-state index >= 15 is 0 Å². The molecule has 0 aliphatic carbocycles. The molecule has 1 aliphatic rings. The van der Waals surface area contributed by atoms with E-state index in [9.17, 15) is 9.59 Å². The molecule has 0 radical (unpaired) electrons. The summed E-state index contributed by atoms with van der Waals surface area (Å²) in [6.45, 7) is 0.854. The highest BCUT2D eigenvalue weighted by Crippen LogP contribution is 2.28. The zero-order chi connectivity index (χ0) is 13.4. The van der Waals surface area contributed by atoms with Crippen molar-refractivity contribution in [2.75, 3.05) is 13.1 Å².